The molecule has 2 aromatic rings. The predicted octanol–water partition coefficient (Wildman–Crippen LogP) is 8.50. The summed E-state index contributed by atoms with van der Waals surface area (Å²) in [6.07, 6.45) is 8.42. The van der Waals surface area contributed by atoms with Gasteiger partial charge in [0.25, 0.3) is 5.90 Å². The maximum absolute atomic E-state index is 14.8. The summed E-state index contributed by atoms with van der Waals surface area (Å²) in [4.78, 5) is 16.1. The number of methoxy groups -OCH3 is 1. The van der Waals surface area contributed by atoms with Crippen LogP contribution in [0, 0.1) is 29.0 Å². The van der Waals surface area contributed by atoms with E-state index in [1.54, 1.807) is 30.3 Å². The second-order valence-electron chi connectivity index (χ2n) is 12.6. The van der Waals surface area contributed by atoms with E-state index in [1.165, 1.54) is 13.2 Å². The van der Waals surface area contributed by atoms with Crippen LogP contribution in [0.25, 0.3) is 0 Å². The molecule has 1 fully saturated rings. The normalized spacial score (nSPS) is 18.4. The van der Waals surface area contributed by atoms with Crippen molar-refractivity contribution < 1.29 is 18.6 Å². The molecular formula is C39H50FN5O3. The summed E-state index contributed by atoms with van der Waals surface area (Å²) in [7, 11) is 1.46. The van der Waals surface area contributed by atoms with Crippen LogP contribution in [0.5, 0.6) is 11.8 Å². The minimum Gasteiger partial charge on any atom is -0.478 e. The summed E-state index contributed by atoms with van der Waals surface area (Å²) >= 11 is 0. The molecule has 0 saturated carbocycles. The highest BCUT2D eigenvalue weighted by Crippen LogP contribution is 2.34. The lowest BCUT2D eigenvalue weighted by Crippen LogP contribution is -2.44. The van der Waals surface area contributed by atoms with Gasteiger partial charge in [0.15, 0.2) is 0 Å². The van der Waals surface area contributed by atoms with Gasteiger partial charge < -0.3 is 19.1 Å². The Morgan fingerprint density at radius 2 is 1.90 bits per heavy atom. The summed E-state index contributed by atoms with van der Waals surface area (Å²) in [5.74, 6) is 0.739. The van der Waals surface area contributed by atoms with Gasteiger partial charge in [0.1, 0.15) is 18.0 Å². The molecule has 2 heterocycles. The van der Waals surface area contributed by atoms with Gasteiger partial charge in [-0.3, -0.25) is 0 Å². The lowest BCUT2D eigenvalue weighted by molar-refractivity contribution is 0.0760. The average molecular weight is 656 g/mol. The number of nitriles is 1. The second kappa shape index (κ2) is 17.4. The van der Waals surface area contributed by atoms with Crippen molar-refractivity contribution in [2.75, 3.05) is 13.7 Å². The van der Waals surface area contributed by atoms with Crippen LogP contribution in [0.4, 0.5) is 4.39 Å². The zero-order valence-corrected chi connectivity index (χ0v) is 29.1. The minimum atomic E-state index is -0.867. The standard InChI is InChI=1S/C39H50FN5O3/c1-11-26(5)45-22-20-32(24-31(45)19-21-41)48-36-25-35(47-27(6)30(14-4)23-29(12-2)13-3)43-37(44-36)38(46-10)42-28(7)39(8,9)33-17-15-16-18-34(33)40/h11-12,14-18,25,27,29-32H,1-2,4-5,7,13,19-20,22-24H2,3,6,8-10H3/b42-38-/t27-,29+,30-,31+,32-/m0/s1. The third kappa shape index (κ3) is 9.43. The van der Waals surface area contributed by atoms with Gasteiger partial charge in [0, 0.05) is 48.2 Å². The summed E-state index contributed by atoms with van der Waals surface area (Å²) in [5, 5.41) is 9.50. The van der Waals surface area contributed by atoms with E-state index < -0.39 is 5.41 Å². The second-order valence-corrected chi connectivity index (χ2v) is 12.6. The number of aliphatic imine (C=N–C) groups is 1. The number of halogens is 1. The van der Waals surface area contributed by atoms with E-state index >= 15 is 0 Å². The fraction of sp³-hybridized carbons (Fsp3) is 0.436. The molecule has 8 nitrogen and oxygen atoms in total. The van der Waals surface area contributed by atoms with Crippen LogP contribution in [-0.2, 0) is 10.2 Å². The lowest BCUT2D eigenvalue weighted by atomic mass is 9.82. The van der Waals surface area contributed by atoms with Gasteiger partial charge in [-0.1, -0.05) is 70.9 Å². The van der Waals surface area contributed by atoms with E-state index in [4.69, 9.17) is 14.2 Å². The Morgan fingerprint density at radius 3 is 2.50 bits per heavy atom. The number of hydrogen-bond donors (Lipinski definition) is 0. The maximum Gasteiger partial charge on any atom is 0.260 e. The zero-order valence-electron chi connectivity index (χ0n) is 29.1. The van der Waals surface area contributed by atoms with Crippen LogP contribution in [0.2, 0.25) is 0 Å². The van der Waals surface area contributed by atoms with Crippen molar-refractivity contribution in [1.29, 1.82) is 5.26 Å². The van der Waals surface area contributed by atoms with Crippen LogP contribution in [0.15, 0.2) is 97.8 Å². The first-order valence-electron chi connectivity index (χ1n) is 16.4. The van der Waals surface area contributed by atoms with Crippen molar-refractivity contribution in [3.63, 3.8) is 0 Å². The topological polar surface area (TPSA) is 92.9 Å². The van der Waals surface area contributed by atoms with E-state index in [-0.39, 0.29) is 53.5 Å². The van der Waals surface area contributed by atoms with Crippen LogP contribution >= 0.6 is 0 Å². The van der Waals surface area contributed by atoms with E-state index in [2.05, 4.69) is 65.7 Å². The van der Waals surface area contributed by atoms with Gasteiger partial charge in [-0.2, -0.15) is 15.2 Å². The number of rotatable bonds is 17. The number of nitrogens with zero attached hydrogens (tertiary/aromatic N) is 5. The number of piperidine rings is 1. The Morgan fingerprint density at radius 1 is 1.19 bits per heavy atom. The molecule has 48 heavy (non-hydrogen) atoms. The first kappa shape index (κ1) is 37.7. The molecule has 0 radical (unpaired) electrons. The van der Waals surface area contributed by atoms with Gasteiger partial charge in [0.05, 0.1) is 25.7 Å². The van der Waals surface area contributed by atoms with Crippen LogP contribution in [0.3, 0.4) is 0 Å². The zero-order chi connectivity index (χ0) is 35.4. The summed E-state index contributed by atoms with van der Waals surface area (Å²) in [5.41, 5.74) is 0.712. The maximum atomic E-state index is 14.8. The number of aromatic nitrogens is 2. The molecule has 1 aliphatic heterocycles. The quantitative estimate of drug-likeness (QED) is 0.0730. The molecule has 0 N–H and O–H groups in total. The molecule has 0 bridgehead atoms. The highest BCUT2D eigenvalue weighted by atomic mass is 19.1. The summed E-state index contributed by atoms with van der Waals surface area (Å²) < 4.78 is 33.4. The van der Waals surface area contributed by atoms with E-state index in [0.29, 0.717) is 43.0 Å². The van der Waals surface area contributed by atoms with Crippen LogP contribution in [-0.4, -0.2) is 52.7 Å². The van der Waals surface area contributed by atoms with Crippen molar-refractivity contribution in [2.24, 2.45) is 16.8 Å². The van der Waals surface area contributed by atoms with Crippen molar-refractivity contribution in [3.8, 4) is 17.8 Å². The molecule has 1 aromatic heterocycles. The van der Waals surface area contributed by atoms with Crippen LogP contribution in [0.1, 0.15) is 71.2 Å². The number of hydrogen-bond acceptors (Lipinski definition) is 8. The van der Waals surface area contributed by atoms with E-state index in [1.807, 2.05) is 32.9 Å². The Balaban J connectivity index is 2.01. The third-order valence-electron chi connectivity index (χ3n) is 9.10. The van der Waals surface area contributed by atoms with Crippen molar-refractivity contribution >= 4 is 5.90 Å². The van der Waals surface area contributed by atoms with Gasteiger partial charge >= 0.3 is 0 Å². The highest BCUT2D eigenvalue weighted by Gasteiger charge is 2.32. The van der Waals surface area contributed by atoms with Crippen molar-refractivity contribution in [1.82, 2.24) is 14.9 Å². The first-order chi connectivity index (χ1) is 22.9. The number of likely N-dealkylation sites (tertiary alicyclic amines) is 1. The largest absolute Gasteiger partial charge is 0.478 e. The Hall–Kier alpha value is -4.71. The van der Waals surface area contributed by atoms with Gasteiger partial charge in [-0.25, -0.2) is 9.38 Å². The lowest BCUT2D eigenvalue weighted by Gasteiger charge is -2.40. The Bertz CT molecular complexity index is 1540. The van der Waals surface area contributed by atoms with Gasteiger partial charge in [-0.05, 0) is 43.4 Å². The predicted molar refractivity (Wildman–Crippen MR) is 190 cm³/mol. The molecule has 0 spiro atoms. The molecule has 9 heteroatoms. The first-order valence-corrected chi connectivity index (χ1v) is 16.4. The molecule has 3 rings (SSSR count). The van der Waals surface area contributed by atoms with Crippen LogP contribution < -0.4 is 9.47 Å². The molecule has 0 amide bonds. The number of ether oxygens (including phenoxy) is 3. The number of benzene rings is 1. The molecule has 0 aliphatic carbocycles. The summed E-state index contributed by atoms with van der Waals surface area (Å²) in [6.45, 7) is 28.5. The summed E-state index contributed by atoms with van der Waals surface area (Å²) in [6, 6.07) is 10.4. The van der Waals surface area contributed by atoms with Gasteiger partial charge in [-0.15, -0.1) is 13.2 Å². The average Bonchev–Trinajstić information content (AvgIpc) is 3.07. The molecular weight excluding hydrogens is 605 g/mol. The highest BCUT2D eigenvalue weighted by molar-refractivity contribution is 5.91. The third-order valence-corrected chi connectivity index (χ3v) is 9.10. The Kier molecular flexibility index (Phi) is 13.7. The van der Waals surface area contributed by atoms with E-state index in [0.717, 1.165) is 18.5 Å². The monoisotopic (exact) mass is 655 g/mol. The molecule has 0 unspecified atom stereocenters. The molecule has 1 aromatic carbocycles. The van der Waals surface area contributed by atoms with Crippen molar-refractivity contribution in [3.05, 3.63) is 110 Å². The molecule has 1 saturated heterocycles. The number of allylic oxidation sites excluding steroid dienone is 3. The van der Waals surface area contributed by atoms with Crippen molar-refractivity contribution in [2.45, 2.75) is 83.5 Å². The van der Waals surface area contributed by atoms with E-state index in [9.17, 15) is 9.65 Å². The SMILES string of the molecule is C=CC(=C)N1CC[C@H](Oc2cc(O[C@@H](C)[C@@H](C=C)C[C@H](C=C)CC)nc(/C(=N/C(=C)C(C)(C)c3ccccc3F)OC)n2)C[C@H]1CC#N. The smallest absolute Gasteiger partial charge is 0.260 e. The fourth-order valence-corrected chi connectivity index (χ4v) is 5.82. The van der Waals surface area contributed by atoms with Gasteiger partial charge in [0.2, 0.25) is 17.6 Å². The Labute approximate surface area is 286 Å². The molecule has 1 aliphatic rings. The molecule has 256 valence electrons. The minimum absolute atomic E-state index is 0.0293. The molecule has 5 atom stereocenters. The fourth-order valence-electron chi connectivity index (χ4n) is 5.82.